The Balaban J connectivity index is 2.91. The van der Waals surface area contributed by atoms with Crippen LogP contribution in [0.3, 0.4) is 0 Å². The second kappa shape index (κ2) is 6.39. The first-order valence-electron chi connectivity index (χ1n) is 6.22. The number of carbonyl (C=O) groups is 1. The van der Waals surface area contributed by atoms with Gasteiger partial charge in [0.05, 0.1) is 5.56 Å². The van der Waals surface area contributed by atoms with E-state index >= 15 is 0 Å². The molecular weight excluding hydrogens is 308 g/mol. The maximum atomic E-state index is 12.3. The van der Waals surface area contributed by atoms with Gasteiger partial charge >= 0.3 is 0 Å². The van der Waals surface area contributed by atoms with Gasteiger partial charge < -0.3 is 16.2 Å². The fourth-order valence-corrected chi connectivity index (χ4v) is 2.17. The predicted octanol–water partition coefficient (Wildman–Crippen LogP) is 2.56. The number of halogens is 1. The van der Waals surface area contributed by atoms with Crippen molar-refractivity contribution in [1.82, 2.24) is 5.32 Å². The molecule has 4 N–H and O–H groups in total. The monoisotopic (exact) mass is 328 g/mol. The second-order valence-electron chi connectivity index (χ2n) is 5.64. The van der Waals surface area contributed by atoms with E-state index in [4.69, 9.17) is 10.8 Å². The summed E-state index contributed by atoms with van der Waals surface area (Å²) in [6.07, 6.45) is 0.517. The Kier molecular flexibility index (Phi) is 5.38. The van der Waals surface area contributed by atoms with E-state index in [0.717, 1.165) is 4.47 Å². The van der Waals surface area contributed by atoms with Gasteiger partial charge in [-0.05, 0) is 30.0 Å². The molecule has 0 aliphatic heterocycles. The summed E-state index contributed by atoms with van der Waals surface area (Å²) in [5.41, 5.74) is 6.58. The van der Waals surface area contributed by atoms with Crippen molar-refractivity contribution in [2.45, 2.75) is 33.2 Å². The number of benzene rings is 1. The Labute approximate surface area is 122 Å². The van der Waals surface area contributed by atoms with E-state index in [1.54, 1.807) is 18.2 Å². The van der Waals surface area contributed by atoms with E-state index in [2.05, 4.69) is 21.2 Å². The Morgan fingerprint density at radius 3 is 2.63 bits per heavy atom. The molecule has 0 saturated carbocycles. The van der Waals surface area contributed by atoms with E-state index < -0.39 is 0 Å². The van der Waals surface area contributed by atoms with E-state index in [0.29, 0.717) is 17.7 Å². The zero-order valence-electron chi connectivity index (χ0n) is 11.5. The van der Waals surface area contributed by atoms with Crippen molar-refractivity contribution in [3.63, 3.8) is 0 Å². The molecule has 1 atom stereocenters. The molecule has 0 aliphatic rings. The minimum Gasteiger partial charge on any atom is -0.398 e. The Hall–Kier alpha value is -1.07. The molecule has 0 aromatic heterocycles. The number of nitrogens with one attached hydrogen (secondary N) is 1. The van der Waals surface area contributed by atoms with Crippen LogP contribution in [0.5, 0.6) is 0 Å². The molecule has 0 radical (unpaired) electrons. The van der Waals surface area contributed by atoms with Crippen LogP contribution in [0, 0.1) is 5.41 Å². The van der Waals surface area contributed by atoms with Crippen molar-refractivity contribution < 1.29 is 9.90 Å². The topological polar surface area (TPSA) is 75.3 Å². The van der Waals surface area contributed by atoms with Gasteiger partial charge in [-0.2, -0.15) is 0 Å². The number of rotatable bonds is 4. The number of carbonyl (C=O) groups excluding carboxylic acids is 1. The number of aliphatic hydroxyl groups excluding tert-OH is 1. The van der Waals surface area contributed by atoms with Gasteiger partial charge in [-0.15, -0.1) is 0 Å². The summed E-state index contributed by atoms with van der Waals surface area (Å²) in [5, 5.41) is 12.0. The molecule has 0 aliphatic carbocycles. The normalized spacial score (nSPS) is 13.1. The minimum absolute atomic E-state index is 0.0379. The zero-order valence-corrected chi connectivity index (χ0v) is 13.1. The largest absolute Gasteiger partial charge is 0.398 e. The lowest BCUT2D eigenvalue weighted by atomic mass is 9.84. The number of aliphatic hydroxyl groups is 1. The molecule has 0 heterocycles. The molecule has 0 fully saturated rings. The van der Waals surface area contributed by atoms with Gasteiger partial charge in [-0.1, -0.05) is 36.7 Å². The average Bonchev–Trinajstić information content (AvgIpc) is 2.30. The van der Waals surface area contributed by atoms with Gasteiger partial charge in [-0.3, -0.25) is 4.79 Å². The molecular formula is C14H21BrN2O2. The summed E-state index contributed by atoms with van der Waals surface area (Å²) in [5.74, 6) is -0.216. The number of nitrogens with two attached hydrogens (primary N) is 1. The smallest absolute Gasteiger partial charge is 0.253 e. The van der Waals surface area contributed by atoms with Crippen LogP contribution in [0.2, 0.25) is 0 Å². The summed E-state index contributed by atoms with van der Waals surface area (Å²) in [7, 11) is 0. The number of nitrogen functional groups attached to an aromatic ring is 1. The summed E-state index contributed by atoms with van der Waals surface area (Å²) in [6, 6.07) is 5.07. The van der Waals surface area contributed by atoms with Crippen LogP contribution >= 0.6 is 15.9 Å². The lowest BCUT2D eigenvalue weighted by molar-refractivity contribution is 0.0886. The summed E-state index contributed by atoms with van der Waals surface area (Å²) in [4.78, 5) is 12.3. The highest BCUT2D eigenvalue weighted by Gasteiger charge is 2.26. The third-order valence-corrected chi connectivity index (χ3v) is 3.52. The molecule has 5 heteroatoms. The van der Waals surface area contributed by atoms with E-state index in [1.165, 1.54) is 0 Å². The first-order valence-corrected chi connectivity index (χ1v) is 7.01. The van der Waals surface area contributed by atoms with Crippen LogP contribution in [0.25, 0.3) is 0 Å². The predicted molar refractivity (Wildman–Crippen MR) is 81.0 cm³/mol. The lowest BCUT2D eigenvalue weighted by Gasteiger charge is -2.31. The summed E-state index contributed by atoms with van der Waals surface area (Å²) in [6.45, 7) is 6.11. The highest BCUT2D eigenvalue weighted by molar-refractivity contribution is 9.10. The third kappa shape index (κ3) is 4.51. The van der Waals surface area contributed by atoms with Gasteiger partial charge in [0, 0.05) is 22.8 Å². The van der Waals surface area contributed by atoms with Crippen molar-refractivity contribution in [1.29, 1.82) is 0 Å². The van der Waals surface area contributed by atoms with Gasteiger partial charge in [0.25, 0.3) is 5.91 Å². The minimum atomic E-state index is -0.216. The first-order chi connectivity index (χ1) is 8.75. The quantitative estimate of drug-likeness (QED) is 0.743. The third-order valence-electron chi connectivity index (χ3n) is 3.03. The highest BCUT2D eigenvalue weighted by atomic mass is 79.9. The van der Waals surface area contributed by atoms with Crippen molar-refractivity contribution >= 4 is 27.5 Å². The Bertz CT molecular complexity index is 455. The van der Waals surface area contributed by atoms with Crippen LogP contribution in [-0.2, 0) is 0 Å². The van der Waals surface area contributed by atoms with Crippen molar-refractivity contribution in [3.05, 3.63) is 28.2 Å². The van der Waals surface area contributed by atoms with Crippen LogP contribution in [0.1, 0.15) is 37.6 Å². The van der Waals surface area contributed by atoms with Gasteiger partial charge in [-0.25, -0.2) is 0 Å². The number of amides is 1. The molecule has 1 unspecified atom stereocenters. The van der Waals surface area contributed by atoms with Crippen LogP contribution in [0.15, 0.2) is 22.7 Å². The number of hydrogen-bond acceptors (Lipinski definition) is 3. The molecule has 19 heavy (non-hydrogen) atoms. The lowest BCUT2D eigenvalue weighted by Crippen LogP contribution is -2.44. The summed E-state index contributed by atoms with van der Waals surface area (Å²) < 4.78 is 0.807. The number of hydrogen-bond donors (Lipinski definition) is 3. The fraction of sp³-hybridized carbons (Fsp3) is 0.500. The molecule has 106 valence electrons. The average molecular weight is 329 g/mol. The van der Waals surface area contributed by atoms with Gasteiger partial charge in [0.1, 0.15) is 0 Å². The molecule has 1 rings (SSSR count). The van der Waals surface area contributed by atoms with Crippen LogP contribution < -0.4 is 11.1 Å². The first kappa shape index (κ1) is 16.0. The Morgan fingerprint density at radius 2 is 2.11 bits per heavy atom. The van der Waals surface area contributed by atoms with E-state index in [1.807, 2.05) is 20.8 Å². The molecule has 0 spiro atoms. The van der Waals surface area contributed by atoms with Gasteiger partial charge in [0.15, 0.2) is 0 Å². The van der Waals surface area contributed by atoms with Crippen molar-refractivity contribution in [3.8, 4) is 0 Å². The van der Waals surface area contributed by atoms with Gasteiger partial charge in [0.2, 0.25) is 0 Å². The molecule has 0 bridgehead atoms. The highest BCUT2D eigenvalue weighted by Crippen LogP contribution is 2.23. The molecule has 0 saturated heterocycles. The van der Waals surface area contributed by atoms with Crippen molar-refractivity contribution in [2.24, 2.45) is 5.41 Å². The van der Waals surface area contributed by atoms with E-state index in [-0.39, 0.29) is 24.0 Å². The van der Waals surface area contributed by atoms with Crippen LogP contribution in [-0.4, -0.2) is 23.7 Å². The Morgan fingerprint density at radius 1 is 1.47 bits per heavy atom. The fourth-order valence-electron chi connectivity index (χ4n) is 1.81. The standard InChI is InChI=1S/C14H21BrN2O2/c1-14(2,3)12(6-7-18)17-13(19)10-8-9(15)4-5-11(10)16/h4-5,8,12,18H,6-7,16H2,1-3H3,(H,17,19). The molecule has 1 aromatic carbocycles. The summed E-state index contributed by atoms with van der Waals surface area (Å²) >= 11 is 3.33. The van der Waals surface area contributed by atoms with Crippen molar-refractivity contribution in [2.75, 3.05) is 12.3 Å². The zero-order chi connectivity index (χ0) is 14.6. The van der Waals surface area contributed by atoms with E-state index in [9.17, 15) is 4.79 Å². The number of anilines is 1. The molecule has 1 aromatic rings. The maximum absolute atomic E-state index is 12.3. The van der Waals surface area contributed by atoms with Crippen LogP contribution in [0.4, 0.5) is 5.69 Å². The SMILES string of the molecule is CC(C)(C)C(CCO)NC(=O)c1cc(Br)ccc1N. The maximum Gasteiger partial charge on any atom is 0.253 e. The molecule has 4 nitrogen and oxygen atoms in total. The molecule has 1 amide bonds. The second-order valence-corrected chi connectivity index (χ2v) is 6.55.